The largest absolute Gasteiger partial charge is 0.293 e. The van der Waals surface area contributed by atoms with E-state index in [0.717, 1.165) is 9.87 Å². The predicted octanol–water partition coefficient (Wildman–Crippen LogP) is 4.43. The van der Waals surface area contributed by atoms with Crippen LogP contribution < -0.4 is 4.31 Å². The van der Waals surface area contributed by atoms with Crippen LogP contribution in [0.3, 0.4) is 0 Å². The van der Waals surface area contributed by atoms with Gasteiger partial charge in [0.1, 0.15) is 5.69 Å². The summed E-state index contributed by atoms with van der Waals surface area (Å²) in [5.74, 6) is 0. The number of benzene rings is 3. The third kappa shape index (κ3) is 3.29. The van der Waals surface area contributed by atoms with Crippen molar-refractivity contribution >= 4 is 27.1 Å². The molecule has 0 aliphatic carbocycles. The minimum absolute atomic E-state index is 0.00993. The fraction of sp³-hybridized carbons (Fsp3) is 0.0526. The first kappa shape index (κ1) is 17.6. The van der Waals surface area contributed by atoms with E-state index in [1.807, 2.05) is 6.92 Å². The van der Waals surface area contributed by atoms with Gasteiger partial charge in [-0.25, -0.2) is 12.7 Å². The van der Waals surface area contributed by atoms with Gasteiger partial charge in [-0.2, -0.15) is 0 Å². The number of hydrogen-bond acceptors (Lipinski definition) is 4. The number of hydrogen-bond donors (Lipinski definition) is 0. The normalized spacial score (nSPS) is 11.1. The predicted molar refractivity (Wildman–Crippen MR) is 100 cm³/mol. The monoisotopic (exact) mass is 368 g/mol. The molecular weight excluding hydrogens is 352 g/mol. The van der Waals surface area contributed by atoms with Crippen molar-refractivity contribution < 1.29 is 13.3 Å². The topological polar surface area (TPSA) is 80.5 Å². The van der Waals surface area contributed by atoms with Crippen LogP contribution >= 0.6 is 0 Å². The van der Waals surface area contributed by atoms with Gasteiger partial charge in [0, 0.05) is 6.07 Å². The summed E-state index contributed by atoms with van der Waals surface area (Å²) in [6.07, 6.45) is 0. The molecule has 7 heteroatoms. The molecule has 0 saturated carbocycles. The molecule has 0 spiro atoms. The molecule has 0 heterocycles. The molecule has 0 fully saturated rings. The minimum atomic E-state index is -4.05. The maximum Gasteiger partial charge on any atom is 0.293 e. The summed E-state index contributed by atoms with van der Waals surface area (Å²) in [5.41, 5.74) is 0.944. The van der Waals surface area contributed by atoms with Gasteiger partial charge in [-0.3, -0.25) is 10.1 Å². The number of nitrogens with zero attached hydrogens (tertiary/aromatic N) is 2. The van der Waals surface area contributed by atoms with Gasteiger partial charge in [0.15, 0.2) is 0 Å². The maximum atomic E-state index is 13.3. The van der Waals surface area contributed by atoms with E-state index < -0.39 is 14.9 Å². The highest BCUT2D eigenvalue weighted by Crippen LogP contribution is 2.37. The summed E-state index contributed by atoms with van der Waals surface area (Å²) in [4.78, 5) is 10.9. The Labute approximate surface area is 151 Å². The van der Waals surface area contributed by atoms with Crippen LogP contribution in [0.1, 0.15) is 5.56 Å². The van der Waals surface area contributed by atoms with E-state index >= 15 is 0 Å². The fourth-order valence-corrected chi connectivity index (χ4v) is 4.08. The van der Waals surface area contributed by atoms with Gasteiger partial charge in [-0.1, -0.05) is 48.0 Å². The fourth-order valence-electron chi connectivity index (χ4n) is 2.58. The van der Waals surface area contributed by atoms with Crippen LogP contribution in [0, 0.1) is 17.0 Å². The lowest BCUT2D eigenvalue weighted by Gasteiger charge is -2.24. The van der Waals surface area contributed by atoms with Crippen molar-refractivity contribution in [3.05, 3.63) is 94.5 Å². The second-order valence-corrected chi connectivity index (χ2v) is 7.45. The van der Waals surface area contributed by atoms with Crippen molar-refractivity contribution in [1.82, 2.24) is 0 Å². The molecule has 0 unspecified atom stereocenters. The molecule has 3 rings (SSSR count). The summed E-state index contributed by atoms with van der Waals surface area (Å²) in [6, 6.07) is 20.5. The van der Waals surface area contributed by atoms with E-state index in [4.69, 9.17) is 0 Å². The molecule has 0 N–H and O–H groups in total. The summed E-state index contributed by atoms with van der Waals surface area (Å²) in [5, 5.41) is 11.4. The zero-order valence-electron chi connectivity index (χ0n) is 13.9. The highest BCUT2D eigenvalue weighted by Gasteiger charge is 2.31. The lowest BCUT2D eigenvalue weighted by molar-refractivity contribution is -0.384. The first-order valence-corrected chi connectivity index (χ1v) is 9.26. The number of para-hydroxylation sites is 3. The first-order valence-electron chi connectivity index (χ1n) is 7.82. The number of aryl methyl sites for hydroxylation is 1. The molecule has 0 bridgehead atoms. The Balaban J connectivity index is 2.27. The van der Waals surface area contributed by atoms with E-state index in [2.05, 4.69) is 0 Å². The molecule has 6 nitrogen and oxygen atoms in total. The van der Waals surface area contributed by atoms with Crippen LogP contribution in [0.15, 0.2) is 83.8 Å². The zero-order valence-corrected chi connectivity index (χ0v) is 14.8. The average molecular weight is 368 g/mol. The van der Waals surface area contributed by atoms with Gasteiger partial charge in [0.2, 0.25) is 0 Å². The van der Waals surface area contributed by atoms with E-state index in [9.17, 15) is 18.5 Å². The van der Waals surface area contributed by atoms with Gasteiger partial charge in [-0.05, 0) is 37.3 Å². The van der Waals surface area contributed by atoms with E-state index in [1.165, 1.54) is 30.3 Å². The SMILES string of the molecule is Cc1ccc(S(=O)(=O)N(c2ccccc2)c2ccccc2[N+](=O)[O-])cc1. The minimum Gasteiger partial charge on any atom is -0.258 e. The van der Waals surface area contributed by atoms with Crippen molar-refractivity contribution in [3.63, 3.8) is 0 Å². The molecule has 0 atom stereocenters. The Morgan fingerprint density at radius 1 is 0.846 bits per heavy atom. The van der Waals surface area contributed by atoms with Crippen LogP contribution in [-0.2, 0) is 10.0 Å². The quantitative estimate of drug-likeness (QED) is 0.493. The second-order valence-electron chi connectivity index (χ2n) is 5.66. The van der Waals surface area contributed by atoms with Gasteiger partial charge < -0.3 is 0 Å². The Morgan fingerprint density at radius 2 is 1.42 bits per heavy atom. The summed E-state index contributed by atoms with van der Waals surface area (Å²) in [7, 11) is -4.05. The average Bonchev–Trinajstić information content (AvgIpc) is 2.63. The third-order valence-corrected chi connectivity index (χ3v) is 5.60. The van der Waals surface area contributed by atoms with Gasteiger partial charge in [-0.15, -0.1) is 0 Å². The Kier molecular flexibility index (Phi) is 4.73. The Hall–Kier alpha value is -3.19. The van der Waals surface area contributed by atoms with Gasteiger partial charge >= 0.3 is 0 Å². The van der Waals surface area contributed by atoms with E-state index in [0.29, 0.717) is 5.69 Å². The lowest BCUT2D eigenvalue weighted by Crippen LogP contribution is -2.27. The van der Waals surface area contributed by atoms with Crippen LogP contribution in [0.5, 0.6) is 0 Å². The highest BCUT2D eigenvalue weighted by molar-refractivity contribution is 7.93. The Morgan fingerprint density at radius 3 is 2.04 bits per heavy atom. The number of anilines is 2. The van der Waals surface area contributed by atoms with Crippen LogP contribution in [-0.4, -0.2) is 13.3 Å². The van der Waals surface area contributed by atoms with Gasteiger partial charge in [0.25, 0.3) is 15.7 Å². The number of rotatable bonds is 5. The Bertz CT molecular complexity index is 1030. The van der Waals surface area contributed by atoms with Crippen molar-refractivity contribution in [3.8, 4) is 0 Å². The lowest BCUT2D eigenvalue weighted by atomic mass is 10.2. The first-order chi connectivity index (χ1) is 12.4. The van der Waals surface area contributed by atoms with Gasteiger partial charge in [0.05, 0.1) is 15.5 Å². The molecule has 0 aromatic heterocycles. The molecule has 0 amide bonds. The standard InChI is InChI=1S/C19H16N2O4S/c1-15-11-13-17(14-12-15)26(24,25)20(16-7-3-2-4-8-16)18-9-5-6-10-19(18)21(22)23/h2-14H,1H3. The number of nitro benzene ring substituents is 1. The van der Waals surface area contributed by atoms with E-state index in [1.54, 1.807) is 48.5 Å². The van der Waals surface area contributed by atoms with Crippen molar-refractivity contribution in [1.29, 1.82) is 0 Å². The summed E-state index contributed by atoms with van der Waals surface area (Å²) >= 11 is 0. The molecule has 26 heavy (non-hydrogen) atoms. The summed E-state index contributed by atoms with van der Waals surface area (Å²) in [6.45, 7) is 1.85. The van der Waals surface area contributed by atoms with Crippen molar-refractivity contribution in [2.24, 2.45) is 0 Å². The van der Waals surface area contributed by atoms with Crippen LogP contribution in [0.2, 0.25) is 0 Å². The molecule has 132 valence electrons. The molecule has 0 radical (unpaired) electrons. The van der Waals surface area contributed by atoms with Crippen molar-refractivity contribution in [2.75, 3.05) is 4.31 Å². The van der Waals surface area contributed by atoms with Crippen molar-refractivity contribution in [2.45, 2.75) is 11.8 Å². The second kappa shape index (κ2) is 6.97. The smallest absolute Gasteiger partial charge is 0.258 e. The molecule has 0 aliphatic heterocycles. The molecule has 0 aliphatic rings. The van der Waals surface area contributed by atoms with E-state index in [-0.39, 0.29) is 16.3 Å². The van der Waals surface area contributed by atoms with Crippen LogP contribution in [0.4, 0.5) is 17.1 Å². The zero-order chi connectivity index (χ0) is 18.7. The molecule has 0 saturated heterocycles. The maximum absolute atomic E-state index is 13.3. The summed E-state index contributed by atoms with van der Waals surface area (Å²) < 4.78 is 27.7. The number of nitro groups is 1. The molecular formula is C19H16N2O4S. The third-order valence-electron chi connectivity index (χ3n) is 3.85. The van der Waals surface area contributed by atoms with Crippen LogP contribution in [0.25, 0.3) is 0 Å². The molecule has 3 aromatic carbocycles. The molecule has 3 aromatic rings. The highest BCUT2D eigenvalue weighted by atomic mass is 32.2. The number of sulfonamides is 1.